The Labute approximate surface area is 183 Å². The summed E-state index contributed by atoms with van der Waals surface area (Å²) in [4.78, 5) is 17.2. The molecule has 1 heterocycles. The molecule has 0 aliphatic heterocycles. The topological polar surface area (TPSA) is 62.1 Å². The molecule has 6 nitrogen and oxygen atoms in total. The second-order valence-electron chi connectivity index (χ2n) is 6.03. The van der Waals surface area contributed by atoms with Crippen molar-refractivity contribution >= 4 is 45.1 Å². The molecule has 3 aromatic rings. The molecule has 154 valence electrons. The van der Waals surface area contributed by atoms with Gasteiger partial charge in [-0.05, 0) is 42.0 Å². The minimum absolute atomic E-state index is 0.296. The number of hydrogen-bond acceptors (Lipinski definition) is 5. The van der Waals surface area contributed by atoms with Gasteiger partial charge in [0.25, 0.3) is 5.91 Å². The molecule has 30 heavy (non-hydrogen) atoms. The van der Waals surface area contributed by atoms with E-state index in [1.165, 1.54) is 38.7 Å². The van der Waals surface area contributed by atoms with E-state index in [-0.39, 0.29) is 0 Å². The van der Waals surface area contributed by atoms with Gasteiger partial charge >= 0.3 is 0 Å². The van der Waals surface area contributed by atoms with Crippen molar-refractivity contribution < 1.29 is 19.0 Å². The predicted octanol–water partition coefficient (Wildman–Crippen LogP) is 4.16. The number of nitrogens with zero attached hydrogens (tertiary/aromatic N) is 2. The highest BCUT2D eigenvalue weighted by atomic mass is 35.5. The second kappa shape index (κ2) is 9.53. The summed E-state index contributed by atoms with van der Waals surface area (Å²) in [5.74, 6) is 3.64. The van der Waals surface area contributed by atoms with E-state index in [0.29, 0.717) is 39.2 Å². The zero-order valence-corrected chi connectivity index (χ0v) is 18.2. The number of terminal acetylenes is 1. The third-order valence-corrected chi connectivity index (χ3v) is 5.48. The Balaban J connectivity index is 1.97. The monoisotopic (exact) mass is 442 g/mol. The lowest BCUT2D eigenvalue weighted by Gasteiger charge is -2.12. The quantitative estimate of drug-likeness (QED) is 0.425. The van der Waals surface area contributed by atoms with E-state index in [2.05, 4.69) is 10.9 Å². The molecular formula is C22H19ClN2O4S. The average molecular weight is 443 g/mol. The number of hydrogen-bond donors (Lipinski definition) is 0. The van der Waals surface area contributed by atoms with Crippen molar-refractivity contribution in [2.24, 2.45) is 4.99 Å². The number of fused-ring (bicyclic) bond motifs is 1. The molecule has 0 aliphatic carbocycles. The molecule has 0 spiro atoms. The highest BCUT2D eigenvalue weighted by molar-refractivity contribution is 7.16. The van der Waals surface area contributed by atoms with Crippen LogP contribution in [0.25, 0.3) is 16.3 Å². The normalized spacial score (nSPS) is 11.6. The van der Waals surface area contributed by atoms with Crippen molar-refractivity contribution in [1.29, 1.82) is 0 Å². The Morgan fingerprint density at radius 1 is 1.20 bits per heavy atom. The van der Waals surface area contributed by atoms with Crippen LogP contribution >= 0.6 is 22.9 Å². The maximum Gasteiger partial charge on any atom is 0.272 e. The van der Waals surface area contributed by atoms with E-state index in [0.717, 1.165) is 10.2 Å². The third kappa shape index (κ3) is 4.51. The molecule has 0 radical (unpaired) electrons. The standard InChI is InChI=1S/C22H19ClN2O4S/c1-5-10-25-16-8-7-15(23)13-19(16)30-22(25)24-20(26)9-6-14-11-17(27-2)21(29-4)18(12-14)28-3/h1,6-9,11-13H,10H2,2-4H3. The first-order valence-corrected chi connectivity index (χ1v) is 9.99. The van der Waals surface area contributed by atoms with Gasteiger partial charge in [-0.25, -0.2) is 0 Å². The first kappa shape index (κ1) is 21.5. The maximum absolute atomic E-state index is 12.5. The number of benzene rings is 2. The van der Waals surface area contributed by atoms with Crippen LogP contribution in [0.3, 0.4) is 0 Å². The van der Waals surface area contributed by atoms with Gasteiger partial charge in [-0.2, -0.15) is 4.99 Å². The summed E-state index contributed by atoms with van der Waals surface area (Å²) in [6.45, 7) is 0.296. The minimum atomic E-state index is -0.424. The van der Waals surface area contributed by atoms with Crippen LogP contribution in [0.2, 0.25) is 5.02 Å². The number of rotatable bonds is 6. The minimum Gasteiger partial charge on any atom is -0.493 e. The van der Waals surface area contributed by atoms with Crippen LogP contribution in [-0.4, -0.2) is 31.8 Å². The van der Waals surface area contributed by atoms with Gasteiger partial charge in [0.2, 0.25) is 5.75 Å². The highest BCUT2D eigenvalue weighted by Crippen LogP contribution is 2.38. The van der Waals surface area contributed by atoms with Crippen molar-refractivity contribution in [2.45, 2.75) is 6.54 Å². The van der Waals surface area contributed by atoms with Crippen LogP contribution in [0.4, 0.5) is 0 Å². The Morgan fingerprint density at radius 3 is 2.50 bits per heavy atom. The van der Waals surface area contributed by atoms with Crippen LogP contribution < -0.4 is 19.0 Å². The lowest BCUT2D eigenvalue weighted by Crippen LogP contribution is -2.15. The molecule has 1 amide bonds. The molecule has 0 saturated heterocycles. The van der Waals surface area contributed by atoms with Gasteiger partial charge in [0, 0.05) is 11.1 Å². The molecule has 0 saturated carbocycles. The zero-order valence-electron chi connectivity index (χ0n) is 16.6. The summed E-state index contributed by atoms with van der Waals surface area (Å²) < 4.78 is 18.7. The van der Waals surface area contributed by atoms with E-state index >= 15 is 0 Å². The molecule has 0 N–H and O–H groups in total. The van der Waals surface area contributed by atoms with E-state index in [9.17, 15) is 4.79 Å². The summed E-state index contributed by atoms with van der Waals surface area (Å²) in [6.07, 6.45) is 8.49. The Kier molecular flexibility index (Phi) is 6.83. The molecule has 8 heteroatoms. The van der Waals surface area contributed by atoms with Gasteiger partial charge in [0.15, 0.2) is 16.3 Å². The van der Waals surface area contributed by atoms with E-state index in [1.807, 2.05) is 16.7 Å². The van der Waals surface area contributed by atoms with E-state index in [4.69, 9.17) is 32.2 Å². The largest absolute Gasteiger partial charge is 0.493 e. The van der Waals surface area contributed by atoms with Gasteiger partial charge in [0.1, 0.15) is 0 Å². The fourth-order valence-electron chi connectivity index (χ4n) is 2.87. The molecule has 0 atom stereocenters. The van der Waals surface area contributed by atoms with Crippen molar-refractivity contribution in [2.75, 3.05) is 21.3 Å². The summed E-state index contributed by atoms with van der Waals surface area (Å²) in [5, 5.41) is 0.608. The van der Waals surface area contributed by atoms with Crippen LogP contribution in [0.1, 0.15) is 5.56 Å². The SMILES string of the molecule is C#CCn1c(=NC(=O)C=Cc2cc(OC)c(OC)c(OC)c2)sc2cc(Cl)ccc21. The zero-order chi connectivity index (χ0) is 21.7. The molecule has 0 bridgehead atoms. The fraction of sp³-hybridized carbons (Fsp3) is 0.182. The molecular weight excluding hydrogens is 424 g/mol. The smallest absolute Gasteiger partial charge is 0.272 e. The van der Waals surface area contributed by atoms with E-state index in [1.54, 1.807) is 24.3 Å². The number of carbonyl (C=O) groups is 1. The summed E-state index contributed by atoms with van der Waals surface area (Å²) in [6, 6.07) is 8.94. The van der Waals surface area contributed by atoms with Crippen LogP contribution in [0, 0.1) is 12.3 Å². The lowest BCUT2D eigenvalue weighted by molar-refractivity contribution is -0.113. The first-order valence-electron chi connectivity index (χ1n) is 8.79. The number of aromatic nitrogens is 1. The number of amides is 1. The van der Waals surface area contributed by atoms with Crippen molar-refractivity contribution in [3.05, 3.63) is 51.8 Å². The van der Waals surface area contributed by atoms with Gasteiger partial charge < -0.3 is 18.8 Å². The summed E-state index contributed by atoms with van der Waals surface area (Å²) >= 11 is 7.42. The van der Waals surface area contributed by atoms with Crippen molar-refractivity contribution in [3.8, 4) is 29.6 Å². The molecule has 0 aliphatic rings. The molecule has 1 aromatic heterocycles. The van der Waals surface area contributed by atoms with Gasteiger partial charge in [0.05, 0.1) is 38.1 Å². The number of carbonyl (C=O) groups excluding carboxylic acids is 1. The fourth-order valence-corrected chi connectivity index (χ4v) is 4.18. The lowest BCUT2D eigenvalue weighted by atomic mass is 10.1. The Morgan fingerprint density at radius 2 is 1.90 bits per heavy atom. The number of ether oxygens (including phenoxy) is 3. The molecule has 2 aromatic carbocycles. The number of methoxy groups -OCH3 is 3. The summed E-state index contributed by atoms with van der Waals surface area (Å²) in [5.41, 5.74) is 1.58. The Bertz CT molecular complexity index is 1210. The second-order valence-corrected chi connectivity index (χ2v) is 7.47. The van der Waals surface area contributed by atoms with Gasteiger partial charge in [-0.15, -0.1) is 6.42 Å². The van der Waals surface area contributed by atoms with Crippen molar-refractivity contribution in [3.63, 3.8) is 0 Å². The van der Waals surface area contributed by atoms with Gasteiger partial charge in [-0.1, -0.05) is 28.9 Å². The van der Waals surface area contributed by atoms with Crippen molar-refractivity contribution in [1.82, 2.24) is 4.57 Å². The third-order valence-electron chi connectivity index (χ3n) is 4.21. The number of halogens is 1. The number of thiazole rings is 1. The Hall–Kier alpha value is -3.21. The first-order chi connectivity index (χ1) is 14.5. The van der Waals surface area contributed by atoms with Crippen LogP contribution in [0.5, 0.6) is 17.2 Å². The average Bonchev–Trinajstić information content (AvgIpc) is 3.07. The predicted molar refractivity (Wildman–Crippen MR) is 119 cm³/mol. The highest BCUT2D eigenvalue weighted by Gasteiger charge is 2.12. The van der Waals surface area contributed by atoms with Crippen LogP contribution in [-0.2, 0) is 11.3 Å². The maximum atomic E-state index is 12.5. The molecule has 0 fully saturated rings. The molecule has 3 rings (SSSR count). The van der Waals surface area contributed by atoms with Crippen LogP contribution in [0.15, 0.2) is 41.4 Å². The van der Waals surface area contributed by atoms with E-state index < -0.39 is 5.91 Å². The molecule has 0 unspecified atom stereocenters. The van der Waals surface area contributed by atoms with Gasteiger partial charge in [-0.3, -0.25) is 4.79 Å². The summed E-state index contributed by atoms with van der Waals surface area (Å²) in [7, 11) is 4.59.